The third kappa shape index (κ3) is 5.03. The van der Waals surface area contributed by atoms with Gasteiger partial charge in [-0.05, 0) is 73.1 Å². The second-order valence-corrected chi connectivity index (χ2v) is 7.17. The van der Waals surface area contributed by atoms with Crippen LogP contribution in [0.2, 0.25) is 0 Å². The summed E-state index contributed by atoms with van der Waals surface area (Å²) in [6.45, 7) is 2.02. The first-order chi connectivity index (χ1) is 14.1. The van der Waals surface area contributed by atoms with Crippen LogP contribution in [-0.2, 0) is 17.6 Å². The van der Waals surface area contributed by atoms with Gasteiger partial charge in [0.2, 0.25) is 0 Å². The first-order valence-electron chi connectivity index (χ1n) is 9.94. The van der Waals surface area contributed by atoms with Crippen LogP contribution in [0.1, 0.15) is 54.5 Å². The lowest BCUT2D eigenvalue weighted by molar-refractivity contribution is -0.117. The smallest absolute Gasteiger partial charge is 0.263 e. The molecule has 0 aromatic heterocycles. The lowest BCUT2D eigenvalue weighted by atomic mass is 9.88. The number of carbonyl (C=O) groups excluding carboxylic acids is 1. The standard InChI is InChI=1S/C24H24N4O/c1-2-23(20-10-9-18-5-3-4-6-19(18)13-20)28-24(29)21(15-26)16-27-22-11-7-17(14-25)8-12-22/h7-13,16,23,27H,2-6H2,1H3,(H,28,29)/b21-16-. The van der Waals surface area contributed by atoms with Crippen LogP contribution in [0, 0.1) is 22.7 Å². The van der Waals surface area contributed by atoms with Gasteiger partial charge in [0.25, 0.3) is 5.91 Å². The van der Waals surface area contributed by atoms with Crippen LogP contribution in [0.4, 0.5) is 5.69 Å². The zero-order valence-corrected chi connectivity index (χ0v) is 16.5. The van der Waals surface area contributed by atoms with Crippen LogP contribution in [0.25, 0.3) is 0 Å². The van der Waals surface area contributed by atoms with E-state index >= 15 is 0 Å². The van der Waals surface area contributed by atoms with Crippen LogP contribution in [0.5, 0.6) is 0 Å². The molecular weight excluding hydrogens is 360 g/mol. The quantitative estimate of drug-likeness (QED) is 0.566. The molecule has 0 bridgehead atoms. The molecule has 0 fully saturated rings. The number of hydrogen-bond donors (Lipinski definition) is 2. The van der Waals surface area contributed by atoms with Crippen molar-refractivity contribution in [1.82, 2.24) is 5.32 Å². The van der Waals surface area contributed by atoms with Gasteiger partial charge < -0.3 is 10.6 Å². The van der Waals surface area contributed by atoms with Crippen molar-refractivity contribution in [2.75, 3.05) is 5.32 Å². The minimum atomic E-state index is -0.404. The van der Waals surface area contributed by atoms with Crippen molar-refractivity contribution in [2.45, 2.75) is 45.1 Å². The summed E-state index contributed by atoms with van der Waals surface area (Å²) >= 11 is 0. The molecule has 29 heavy (non-hydrogen) atoms. The Hall–Kier alpha value is -3.57. The molecule has 1 aliphatic carbocycles. The van der Waals surface area contributed by atoms with Crippen LogP contribution in [0.15, 0.2) is 54.2 Å². The number of nitrogens with zero attached hydrogens (tertiary/aromatic N) is 2. The number of nitrogens with one attached hydrogen (secondary N) is 2. The van der Waals surface area contributed by atoms with Crippen LogP contribution < -0.4 is 10.6 Å². The molecule has 0 aliphatic heterocycles. The Bertz CT molecular complexity index is 993. The van der Waals surface area contributed by atoms with Gasteiger partial charge in [-0.25, -0.2) is 0 Å². The highest BCUT2D eigenvalue weighted by Crippen LogP contribution is 2.26. The third-order valence-electron chi connectivity index (χ3n) is 5.25. The molecule has 1 amide bonds. The minimum Gasteiger partial charge on any atom is -0.360 e. The van der Waals surface area contributed by atoms with Gasteiger partial charge in [-0.3, -0.25) is 4.79 Å². The lowest BCUT2D eigenvalue weighted by Gasteiger charge is -2.21. The van der Waals surface area contributed by atoms with Gasteiger partial charge in [-0.15, -0.1) is 0 Å². The molecular formula is C24H24N4O. The molecule has 0 saturated carbocycles. The number of aryl methyl sites for hydroxylation is 2. The van der Waals surface area contributed by atoms with Crippen LogP contribution in [-0.4, -0.2) is 5.91 Å². The highest BCUT2D eigenvalue weighted by atomic mass is 16.1. The van der Waals surface area contributed by atoms with Crippen molar-refractivity contribution in [3.63, 3.8) is 0 Å². The summed E-state index contributed by atoms with van der Waals surface area (Å²) in [4.78, 5) is 12.6. The second-order valence-electron chi connectivity index (χ2n) is 7.17. The number of fused-ring (bicyclic) bond motifs is 1. The van der Waals surface area contributed by atoms with Crippen LogP contribution in [0.3, 0.4) is 0 Å². The fraction of sp³-hybridized carbons (Fsp3) is 0.292. The summed E-state index contributed by atoms with van der Waals surface area (Å²) in [7, 11) is 0. The van der Waals surface area contributed by atoms with E-state index in [0.29, 0.717) is 11.3 Å². The summed E-state index contributed by atoms with van der Waals surface area (Å²) in [5.74, 6) is -0.404. The molecule has 3 rings (SSSR count). The predicted molar refractivity (Wildman–Crippen MR) is 113 cm³/mol. The fourth-order valence-corrected chi connectivity index (χ4v) is 3.57. The van der Waals surface area contributed by atoms with Gasteiger partial charge in [0, 0.05) is 11.9 Å². The summed E-state index contributed by atoms with van der Waals surface area (Å²) in [5.41, 5.74) is 5.12. The zero-order chi connectivity index (χ0) is 20.6. The molecule has 2 aromatic carbocycles. The highest BCUT2D eigenvalue weighted by Gasteiger charge is 2.18. The second kappa shape index (κ2) is 9.57. The lowest BCUT2D eigenvalue weighted by Crippen LogP contribution is -2.29. The Balaban J connectivity index is 1.70. The summed E-state index contributed by atoms with van der Waals surface area (Å²) in [6.07, 6.45) is 6.81. The Kier molecular flexibility index (Phi) is 6.66. The number of hydrogen-bond acceptors (Lipinski definition) is 4. The molecule has 2 N–H and O–H groups in total. The number of anilines is 1. The van der Waals surface area contributed by atoms with Gasteiger partial charge in [0.1, 0.15) is 11.6 Å². The molecule has 1 atom stereocenters. The van der Waals surface area contributed by atoms with E-state index in [1.54, 1.807) is 24.3 Å². The molecule has 1 unspecified atom stereocenters. The van der Waals surface area contributed by atoms with E-state index in [9.17, 15) is 10.1 Å². The molecule has 5 nitrogen and oxygen atoms in total. The Morgan fingerprint density at radius 3 is 2.48 bits per heavy atom. The molecule has 2 aromatic rings. The van der Waals surface area contributed by atoms with Crippen molar-refractivity contribution in [3.8, 4) is 12.1 Å². The van der Waals surface area contributed by atoms with E-state index in [0.717, 1.165) is 24.8 Å². The van der Waals surface area contributed by atoms with E-state index < -0.39 is 5.91 Å². The fourth-order valence-electron chi connectivity index (χ4n) is 3.57. The number of rotatable bonds is 6. The van der Waals surface area contributed by atoms with Crippen LogP contribution >= 0.6 is 0 Å². The van der Waals surface area contributed by atoms with Crippen molar-refractivity contribution >= 4 is 11.6 Å². The van der Waals surface area contributed by atoms with Crippen molar-refractivity contribution in [1.29, 1.82) is 10.5 Å². The Morgan fingerprint density at radius 1 is 1.10 bits per heavy atom. The maximum absolute atomic E-state index is 12.6. The first kappa shape index (κ1) is 20.2. The van der Waals surface area contributed by atoms with Gasteiger partial charge in [0.15, 0.2) is 0 Å². The summed E-state index contributed by atoms with van der Waals surface area (Å²) in [5, 5.41) is 24.2. The zero-order valence-electron chi connectivity index (χ0n) is 16.5. The number of benzene rings is 2. The molecule has 1 aliphatic rings. The largest absolute Gasteiger partial charge is 0.360 e. The van der Waals surface area contributed by atoms with E-state index in [-0.39, 0.29) is 11.6 Å². The van der Waals surface area contributed by atoms with Gasteiger partial charge in [-0.1, -0.05) is 25.1 Å². The summed E-state index contributed by atoms with van der Waals surface area (Å²) in [6, 6.07) is 17.1. The highest BCUT2D eigenvalue weighted by molar-refractivity contribution is 5.97. The SMILES string of the molecule is CCC(NC(=O)/C(C#N)=C\Nc1ccc(C#N)cc1)c1ccc2c(c1)CCCC2. The Morgan fingerprint density at radius 2 is 1.83 bits per heavy atom. The minimum absolute atomic E-state index is 0.00534. The van der Waals surface area contributed by atoms with Crippen molar-refractivity contribution in [2.24, 2.45) is 0 Å². The molecule has 0 saturated heterocycles. The maximum atomic E-state index is 12.6. The predicted octanol–water partition coefficient (Wildman–Crippen LogP) is 4.52. The molecule has 0 heterocycles. The first-order valence-corrected chi connectivity index (χ1v) is 9.94. The molecule has 146 valence electrons. The van der Waals surface area contributed by atoms with E-state index in [4.69, 9.17) is 5.26 Å². The van der Waals surface area contributed by atoms with E-state index in [1.807, 2.05) is 13.0 Å². The molecule has 0 spiro atoms. The van der Waals surface area contributed by atoms with Crippen molar-refractivity contribution < 1.29 is 4.79 Å². The monoisotopic (exact) mass is 384 g/mol. The van der Waals surface area contributed by atoms with E-state index in [2.05, 4.69) is 34.9 Å². The normalized spacial score (nSPS) is 14.1. The third-order valence-corrected chi connectivity index (χ3v) is 5.25. The average molecular weight is 384 g/mol. The maximum Gasteiger partial charge on any atom is 0.263 e. The molecule has 0 radical (unpaired) electrons. The molecule has 5 heteroatoms. The Labute approximate surface area is 171 Å². The van der Waals surface area contributed by atoms with Gasteiger partial charge in [-0.2, -0.15) is 10.5 Å². The van der Waals surface area contributed by atoms with Crippen molar-refractivity contribution in [3.05, 3.63) is 76.5 Å². The summed E-state index contributed by atoms with van der Waals surface area (Å²) < 4.78 is 0. The van der Waals surface area contributed by atoms with Gasteiger partial charge in [0.05, 0.1) is 17.7 Å². The number of nitriles is 2. The average Bonchev–Trinajstić information content (AvgIpc) is 2.78. The van der Waals surface area contributed by atoms with E-state index in [1.165, 1.54) is 30.2 Å². The van der Waals surface area contributed by atoms with Gasteiger partial charge >= 0.3 is 0 Å². The number of amides is 1. The number of carbonyl (C=O) groups is 1. The topological polar surface area (TPSA) is 88.7 Å².